The quantitative estimate of drug-likeness (QED) is 0.408. The number of rotatable bonds is 7. The monoisotopic (exact) mass is 413 g/mol. The minimum absolute atomic E-state index is 0.0243. The minimum Gasteiger partial charge on any atom is -0.508 e. The maximum absolute atomic E-state index is 12.9. The van der Waals surface area contributed by atoms with Crippen LogP contribution in [-0.4, -0.2) is 61.3 Å². The normalized spacial score (nSPS) is 18.0. The number of aliphatic hydroxyl groups excluding tert-OH is 1. The molecular weight excluding hydrogens is 390 g/mol. The fourth-order valence-electron chi connectivity index (χ4n) is 3.49. The molecule has 1 saturated heterocycles. The molecule has 1 heterocycles. The topological polar surface area (TPSA) is 106 Å². The van der Waals surface area contributed by atoms with Crippen molar-refractivity contribution in [3.05, 3.63) is 59.2 Å². The van der Waals surface area contributed by atoms with Gasteiger partial charge in [0.1, 0.15) is 23.0 Å². The molecule has 2 aromatic rings. The molecule has 1 atom stereocenters. The van der Waals surface area contributed by atoms with Crippen molar-refractivity contribution in [3.63, 3.8) is 0 Å². The predicted molar refractivity (Wildman–Crippen MR) is 109 cm³/mol. The number of hydrogen-bond acceptors (Lipinski definition) is 7. The predicted octanol–water partition coefficient (Wildman–Crippen LogP) is 2.48. The molecule has 8 heteroatoms. The number of aromatic hydroxyl groups is 1. The van der Waals surface area contributed by atoms with Crippen molar-refractivity contribution >= 4 is 17.4 Å². The molecule has 0 radical (unpaired) electrons. The summed E-state index contributed by atoms with van der Waals surface area (Å²) in [6, 6.07) is 10.1. The van der Waals surface area contributed by atoms with Crippen LogP contribution in [0.2, 0.25) is 0 Å². The molecule has 158 valence electrons. The van der Waals surface area contributed by atoms with Gasteiger partial charge in [0.2, 0.25) is 0 Å². The largest absolute Gasteiger partial charge is 0.508 e. The van der Waals surface area contributed by atoms with Crippen LogP contribution < -0.4 is 9.47 Å². The molecular formula is C22H23NO7. The van der Waals surface area contributed by atoms with Crippen molar-refractivity contribution in [2.45, 2.75) is 6.04 Å². The molecule has 3 rings (SSSR count). The second-order valence-corrected chi connectivity index (χ2v) is 6.65. The van der Waals surface area contributed by atoms with E-state index < -0.39 is 23.5 Å². The molecule has 1 unspecified atom stereocenters. The summed E-state index contributed by atoms with van der Waals surface area (Å²) in [7, 11) is 4.39. The van der Waals surface area contributed by atoms with Gasteiger partial charge in [-0.05, 0) is 35.9 Å². The van der Waals surface area contributed by atoms with Crippen molar-refractivity contribution in [1.82, 2.24) is 4.90 Å². The third kappa shape index (κ3) is 3.81. The molecule has 8 nitrogen and oxygen atoms in total. The zero-order valence-corrected chi connectivity index (χ0v) is 16.9. The number of benzene rings is 2. The van der Waals surface area contributed by atoms with E-state index in [1.165, 1.54) is 44.4 Å². The highest BCUT2D eigenvalue weighted by Crippen LogP contribution is 2.42. The van der Waals surface area contributed by atoms with Gasteiger partial charge >= 0.3 is 0 Å². The molecule has 0 bridgehead atoms. The van der Waals surface area contributed by atoms with Crippen molar-refractivity contribution in [1.29, 1.82) is 0 Å². The summed E-state index contributed by atoms with van der Waals surface area (Å²) in [6.07, 6.45) is 0. The maximum atomic E-state index is 12.9. The lowest BCUT2D eigenvalue weighted by molar-refractivity contribution is -0.140. The number of phenols is 1. The molecule has 1 fully saturated rings. The van der Waals surface area contributed by atoms with Gasteiger partial charge in [0.05, 0.1) is 38.0 Å². The number of carbonyl (C=O) groups excluding carboxylic acids is 2. The average Bonchev–Trinajstić information content (AvgIpc) is 3.01. The summed E-state index contributed by atoms with van der Waals surface area (Å²) in [5.41, 5.74) is 0.591. The van der Waals surface area contributed by atoms with Crippen LogP contribution in [-0.2, 0) is 14.3 Å². The number of Topliss-reactive ketones (excluding diaryl/α,β-unsaturated/α-hetero) is 1. The first-order chi connectivity index (χ1) is 14.4. The van der Waals surface area contributed by atoms with E-state index in [2.05, 4.69) is 0 Å². The lowest BCUT2D eigenvalue weighted by atomic mass is 9.94. The third-order valence-corrected chi connectivity index (χ3v) is 4.92. The van der Waals surface area contributed by atoms with Gasteiger partial charge in [0, 0.05) is 13.7 Å². The highest BCUT2D eigenvalue weighted by molar-refractivity contribution is 6.46. The number of methoxy groups -OCH3 is 3. The summed E-state index contributed by atoms with van der Waals surface area (Å²) < 4.78 is 15.6. The number of amides is 1. The van der Waals surface area contributed by atoms with E-state index in [0.717, 1.165) is 0 Å². The lowest BCUT2D eigenvalue weighted by Crippen LogP contribution is -2.32. The van der Waals surface area contributed by atoms with E-state index in [0.29, 0.717) is 17.1 Å². The number of nitrogens with zero attached hydrogens (tertiary/aromatic N) is 1. The molecule has 1 amide bonds. The summed E-state index contributed by atoms with van der Waals surface area (Å²) in [6.45, 7) is 0.332. The Balaban J connectivity index is 2.23. The number of aliphatic hydroxyl groups is 1. The molecule has 0 aromatic heterocycles. The van der Waals surface area contributed by atoms with Crippen LogP contribution in [0.3, 0.4) is 0 Å². The van der Waals surface area contributed by atoms with E-state index >= 15 is 0 Å². The van der Waals surface area contributed by atoms with Crippen molar-refractivity contribution < 1.29 is 34.0 Å². The van der Waals surface area contributed by atoms with Gasteiger partial charge in [-0.2, -0.15) is 0 Å². The Morgan fingerprint density at radius 2 is 1.83 bits per heavy atom. The van der Waals surface area contributed by atoms with Gasteiger partial charge in [0.15, 0.2) is 0 Å². The first-order valence-electron chi connectivity index (χ1n) is 9.21. The van der Waals surface area contributed by atoms with Crippen molar-refractivity contribution in [3.8, 4) is 17.2 Å². The van der Waals surface area contributed by atoms with E-state index in [4.69, 9.17) is 14.2 Å². The Labute approximate surface area is 173 Å². The van der Waals surface area contributed by atoms with E-state index in [1.54, 1.807) is 24.3 Å². The highest BCUT2D eigenvalue weighted by atomic mass is 16.5. The van der Waals surface area contributed by atoms with Crippen LogP contribution in [0.1, 0.15) is 17.2 Å². The Hall–Kier alpha value is -3.52. The lowest BCUT2D eigenvalue weighted by Gasteiger charge is -2.25. The Kier molecular flexibility index (Phi) is 6.27. The average molecular weight is 413 g/mol. The van der Waals surface area contributed by atoms with Crippen LogP contribution in [0.4, 0.5) is 0 Å². The molecule has 0 saturated carbocycles. The van der Waals surface area contributed by atoms with Crippen molar-refractivity contribution in [2.24, 2.45) is 0 Å². The number of carbonyl (C=O) groups is 2. The summed E-state index contributed by atoms with van der Waals surface area (Å²) in [4.78, 5) is 27.0. The molecule has 0 aliphatic carbocycles. The smallest absolute Gasteiger partial charge is 0.295 e. The standard InChI is InChI=1S/C22H23NO7/c1-28-10-9-23-19(13-5-4-6-14(24)11-13)18(21(26)22(23)27)20(25)16-12-15(29-2)7-8-17(16)30-3/h4-8,11-12,19,24-25H,9-10H2,1-3H3/b20-18+. The van der Waals surface area contributed by atoms with Crippen LogP contribution in [0, 0.1) is 0 Å². The van der Waals surface area contributed by atoms with E-state index in [9.17, 15) is 19.8 Å². The molecule has 2 aromatic carbocycles. The van der Waals surface area contributed by atoms with Gasteiger partial charge in [-0.15, -0.1) is 0 Å². The molecule has 1 aliphatic heterocycles. The second kappa shape index (κ2) is 8.87. The van der Waals surface area contributed by atoms with Crippen LogP contribution in [0.25, 0.3) is 5.76 Å². The van der Waals surface area contributed by atoms with E-state index in [1.807, 2.05) is 0 Å². The number of ether oxygens (including phenoxy) is 3. The number of phenolic OH excluding ortho intramolecular Hbond substituents is 1. The Morgan fingerprint density at radius 3 is 2.47 bits per heavy atom. The molecule has 30 heavy (non-hydrogen) atoms. The number of hydrogen-bond donors (Lipinski definition) is 2. The Bertz CT molecular complexity index is 999. The van der Waals surface area contributed by atoms with Crippen LogP contribution in [0.15, 0.2) is 48.0 Å². The van der Waals surface area contributed by atoms with Gasteiger partial charge in [-0.3, -0.25) is 9.59 Å². The minimum atomic E-state index is -0.900. The van der Waals surface area contributed by atoms with E-state index in [-0.39, 0.29) is 30.0 Å². The second-order valence-electron chi connectivity index (χ2n) is 6.65. The SMILES string of the molecule is COCCN1C(=O)C(=O)/C(=C(/O)c2cc(OC)ccc2OC)C1c1cccc(O)c1. The molecule has 1 aliphatic rings. The number of ketones is 1. The zero-order valence-electron chi connectivity index (χ0n) is 16.9. The van der Waals surface area contributed by atoms with Gasteiger partial charge in [-0.1, -0.05) is 12.1 Å². The fraction of sp³-hybridized carbons (Fsp3) is 0.273. The van der Waals surface area contributed by atoms with Gasteiger partial charge < -0.3 is 29.3 Å². The third-order valence-electron chi connectivity index (χ3n) is 4.92. The zero-order chi connectivity index (χ0) is 21.8. The molecule has 2 N–H and O–H groups in total. The summed E-state index contributed by atoms with van der Waals surface area (Å²) >= 11 is 0. The van der Waals surface area contributed by atoms with Gasteiger partial charge in [-0.25, -0.2) is 0 Å². The van der Waals surface area contributed by atoms with Crippen molar-refractivity contribution in [2.75, 3.05) is 34.5 Å². The highest BCUT2D eigenvalue weighted by Gasteiger charge is 2.46. The number of likely N-dealkylation sites (tertiary alicyclic amines) is 1. The van der Waals surface area contributed by atoms with Crippen LogP contribution in [0.5, 0.6) is 17.2 Å². The first kappa shape index (κ1) is 21.2. The molecule has 0 spiro atoms. The van der Waals surface area contributed by atoms with Gasteiger partial charge in [0.25, 0.3) is 11.7 Å². The fourth-order valence-corrected chi connectivity index (χ4v) is 3.49. The Morgan fingerprint density at radius 1 is 1.07 bits per heavy atom. The maximum Gasteiger partial charge on any atom is 0.295 e. The van der Waals surface area contributed by atoms with Crippen LogP contribution >= 0.6 is 0 Å². The first-order valence-corrected chi connectivity index (χ1v) is 9.21. The summed E-state index contributed by atoms with van der Waals surface area (Å²) in [5.74, 6) is -1.25. The summed E-state index contributed by atoms with van der Waals surface area (Å²) in [5, 5.41) is 21.1.